The number of aryl methyl sites for hydroxylation is 1. The van der Waals surface area contributed by atoms with Gasteiger partial charge in [0.05, 0.1) is 23.0 Å². The lowest BCUT2D eigenvalue weighted by Crippen LogP contribution is -2.22. The minimum atomic E-state index is -4.63. The van der Waals surface area contributed by atoms with E-state index in [1.165, 1.54) is 19.1 Å². The van der Waals surface area contributed by atoms with Crippen LogP contribution in [-0.2, 0) is 17.5 Å². The van der Waals surface area contributed by atoms with Crippen LogP contribution in [0.5, 0.6) is 0 Å². The van der Waals surface area contributed by atoms with Crippen LogP contribution in [0.2, 0.25) is 0 Å². The highest BCUT2D eigenvalue weighted by molar-refractivity contribution is 5.91. The van der Waals surface area contributed by atoms with Crippen molar-refractivity contribution in [3.05, 3.63) is 51.7 Å². The van der Waals surface area contributed by atoms with Crippen molar-refractivity contribution in [2.75, 3.05) is 5.32 Å². The fourth-order valence-corrected chi connectivity index (χ4v) is 1.96. The monoisotopic (exact) mass is 328 g/mol. The largest absolute Gasteiger partial charge is 0.418 e. The number of aromatic nitrogens is 2. The fourth-order valence-electron chi connectivity index (χ4n) is 1.96. The van der Waals surface area contributed by atoms with Crippen LogP contribution in [0.4, 0.5) is 24.7 Å². The molecule has 0 saturated carbocycles. The average molecular weight is 328 g/mol. The molecule has 23 heavy (non-hydrogen) atoms. The number of halogens is 3. The van der Waals surface area contributed by atoms with Crippen molar-refractivity contribution in [1.82, 2.24) is 9.78 Å². The lowest BCUT2D eigenvalue weighted by Gasteiger charge is -2.12. The number of nitrogens with zero attached hydrogens (tertiary/aromatic N) is 3. The number of carbonyl (C=O) groups is 1. The first kappa shape index (κ1) is 16.5. The van der Waals surface area contributed by atoms with E-state index in [0.29, 0.717) is 5.69 Å². The Bertz CT molecular complexity index is 755. The van der Waals surface area contributed by atoms with E-state index in [0.717, 1.165) is 22.9 Å². The molecule has 1 N–H and O–H groups in total. The first-order chi connectivity index (χ1) is 10.7. The van der Waals surface area contributed by atoms with Gasteiger partial charge >= 0.3 is 12.0 Å². The summed E-state index contributed by atoms with van der Waals surface area (Å²) in [6.45, 7) is 0.927. The summed E-state index contributed by atoms with van der Waals surface area (Å²) in [7, 11) is 0. The third-order valence-corrected chi connectivity index (χ3v) is 2.87. The average Bonchev–Trinajstić information content (AvgIpc) is 2.79. The highest BCUT2D eigenvalue weighted by Crippen LogP contribution is 2.34. The minimum Gasteiger partial charge on any atom is -0.358 e. The number of amides is 1. The van der Waals surface area contributed by atoms with Crippen molar-refractivity contribution in [2.45, 2.75) is 19.6 Å². The van der Waals surface area contributed by atoms with E-state index >= 15 is 0 Å². The summed E-state index contributed by atoms with van der Waals surface area (Å²) in [5, 5.41) is 16.7. The molecule has 0 saturated heterocycles. The van der Waals surface area contributed by atoms with Gasteiger partial charge in [0.1, 0.15) is 0 Å². The maximum atomic E-state index is 12.8. The van der Waals surface area contributed by atoms with E-state index in [4.69, 9.17) is 0 Å². The van der Waals surface area contributed by atoms with Crippen molar-refractivity contribution in [3.63, 3.8) is 0 Å². The first-order valence-electron chi connectivity index (χ1n) is 6.33. The molecule has 1 aromatic heterocycles. The zero-order valence-corrected chi connectivity index (χ0v) is 11.8. The molecule has 1 heterocycles. The summed E-state index contributed by atoms with van der Waals surface area (Å²) in [5.41, 5.74) is -1.10. The molecule has 2 aromatic rings. The van der Waals surface area contributed by atoms with E-state index in [1.807, 2.05) is 0 Å². The Morgan fingerprint density at radius 1 is 1.39 bits per heavy atom. The summed E-state index contributed by atoms with van der Waals surface area (Å²) in [6, 6.07) is 5.63. The zero-order valence-electron chi connectivity index (χ0n) is 11.8. The molecule has 0 aliphatic rings. The van der Waals surface area contributed by atoms with Crippen LogP contribution in [0.3, 0.4) is 0 Å². The molecule has 0 aliphatic carbocycles. The van der Waals surface area contributed by atoms with Crippen LogP contribution in [0, 0.1) is 17.0 Å². The van der Waals surface area contributed by atoms with Crippen LogP contribution in [0.1, 0.15) is 11.3 Å². The smallest absolute Gasteiger partial charge is 0.358 e. The maximum Gasteiger partial charge on any atom is 0.418 e. The molecule has 7 nitrogen and oxygen atoms in total. The van der Waals surface area contributed by atoms with Gasteiger partial charge in [-0.2, -0.15) is 13.2 Å². The third kappa shape index (κ3) is 3.84. The Morgan fingerprint density at radius 3 is 2.65 bits per heavy atom. The molecule has 0 radical (unpaired) electrons. The molecule has 1 amide bonds. The van der Waals surface area contributed by atoms with Crippen molar-refractivity contribution < 1.29 is 22.9 Å². The van der Waals surface area contributed by atoms with Gasteiger partial charge in [0, 0.05) is 0 Å². The highest BCUT2D eigenvalue weighted by Gasteiger charge is 2.33. The Morgan fingerprint density at radius 2 is 2.04 bits per heavy atom. The lowest BCUT2D eigenvalue weighted by molar-refractivity contribution is -0.392. The van der Waals surface area contributed by atoms with Crippen molar-refractivity contribution in [1.29, 1.82) is 0 Å². The number of anilines is 1. The molecular weight excluding hydrogens is 317 g/mol. The van der Waals surface area contributed by atoms with Crippen LogP contribution >= 0.6 is 0 Å². The van der Waals surface area contributed by atoms with Gasteiger partial charge < -0.3 is 15.4 Å². The highest BCUT2D eigenvalue weighted by atomic mass is 19.4. The summed E-state index contributed by atoms with van der Waals surface area (Å²) < 4.78 is 39.3. The quantitative estimate of drug-likeness (QED) is 0.690. The summed E-state index contributed by atoms with van der Waals surface area (Å²) >= 11 is 0. The van der Waals surface area contributed by atoms with Crippen LogP contribution in [-0.4, -0.2) is 20.6 Å². The van der Waals surface area contributed by atoms with Crippen LogP contribution < -0.4 is 5.32 Å². The second-order valence-corrected chi connectivity index (χ2v) is 4.65. The molecule has 0 bridgehead atoms. The normalized spacial score (nSPS) is 11.3. The number of hydrogen-bond acceptors (Lipinski definition) is 4. The number of hydrogen-bond donors (Lipinski definition) is 1. The van der Waals surface area contributed by atoms with E-state index in [1.54, 1.807) is 0 Å². The molecule has 1 aromatic carbocycles. The SMILES string of the molecule is Cc1cc([N+](=O)[O-])n(CC(=O)Nc2ccccc2C(F)(F)F)n1. The molecular formula is C13H11F3N4O3. The van der Waals surface area contributed by atoms with Gasteiger partial charge in [-0.15, -0.1) is 4.68 Å². The van der Waals surface area contributed by atoms with Gasteiger partial charge in [0.2, 0.25) is 0 Å². The van der Waals surface area contributed by atoms with Crippen molar-refractivity contribution in [3.8, 4) is 0 Å². The first-order valence-corrected chi connectivity index (χ1v) is 6.33. The molecule has 0 aliphatic heterocycles. The maximum absolute atomic E-state index is 12.8. The Hall–Kier alpha value is -2.91. The summed E-state index contributed by atoms with van der Waals surface area (Å²) in [4.78, 5) is 22.0. The summed E-state index contributed by atoms with van der Waals surface area (Å²) in [5.74, 6) is -1.27. The Kier molecular flexibility index (Phi) is 4.34. The number of benzene rings is 1. The number of para-hydroxylation sites is 1. The predicted molar refractivity (Wildman–Crippen MR) is 73.7 cm³/mol. The number of nitro groups is 1. The van der Waals surface area contributed by atoms with Gasteiger partial charge in [-0.3, -0.25) is 4.79 Å². The van der Waals surface area contributed by atoms with Crippen molar-refractivity contribution in [2.24, 2.45) is 0 Å². The number of rotatable bonds is 4. The fraction of sp³-hybridized carbons (Fsp3) is 0.231. The Balaban J connectivity index is 2.20. The second-order valence-electron chi connectivity index (χ2n) is 4.65. The molecule has 0 unspecified atom stereocenters. The summed E-state index contributed by atoms with van der Waals surface area (Å²) in [6.07, 6.45) is -4.63. The van der Waals surface area contributed by atoms with Gasteiger partial charge in [-0.1, -0.05) is 17.2 Å². The van der Waals surface area contributed by atoms with E-state index < -0.39 is 40.6 Å². The van der Waals surface area contributed by atoms with Gasteiger partial charge in [0.25, 0.3) is 5.91 Å². The molecule has 0 spiro atoms. The minimum absolute atomic E-state index is 0.320. The Labute approximate surface area is 127 Å². The number of alkyl halides is 3. The van der Waals surface area contributed by atoms with Gasteiger partial charge in [0.15, 0.2) is 6.54 Å². The van der Waals surface area contributed by atoms with Gasteiger partial charge in [-0.25, -0.2) is 0 Å². The van der Waals surface area contributed by atoms with Crippen LogP contribution in [0.25, 0.3) is 0 Å². The molecule has 10 heteroatoms. The zero-order chi connectivity index (χ0) is 17.2. The second kappa shape index (κ2) is 6.07. The van der Waals surface area contributed by atoms with E-state index in [-0.39, 0.29) is 0 Å². The van der Waals surface area contributed by atoms with Gasteiger partial charge in [-0.05, 0) is 24.0 Å². The molecule has 0 fully saturated rings. The predicted octanol–water partition coefficient (Wildman–Crippen LogP) is 2.76. The van der Waals surface area contributed by atoms with Crippen molar-refractivity contribution >= 4 is 17.4 Å². The topological polar surface area (TPSA) is 90.1 Å². The number of nitrogens with one attached hydrogen (secondary N) is 1. The van der Waals surface area contributed by atoms with Crippen LogP contribution in [0.15, 0.2) is 30.3 Å². The van der Waals surface area contributed by atoms with E-state index in [9.17, 15) is 28.1 Å². The number of carbonyl (C=O) groups excluding carboxylic acids is 1. The lowest BCUT2D eigenvalue weighted by atomic mass is 10.1. The van der Waals surface area contributed by atoms with E-state index in [2.05, 4.69) is 10.4 Å². The molecule has 0 atom stereocenters. The third-order valence-electron chi connectivity index (χ3n) is 2.87. The molecule has 122 valence electrons. The standard InChI is InChI=1S/C13H11F3N4O3/c1-8-6-12(20(22)23)19(18-8)7-11(21)17-10-5-3-2-4-9(10)13(14,15)16/h2-6H,7H2,1H3,(H,17,21). The molecule has 2 rings (SSSR count).